The van der Waals surface area contributed by atoms with Crippen molar-refractivity contribution < 1.29 is 9.84 Å². The van der Waals surface area contributed by atoms with E-state index in [1.807, 2.05) is 0 Å². The van der Waals surface area contributed by atoms with E-state index in [0.717, 1.165) is 31.8 Å². The zero-order chi connectivity index (χ0) is 14.0. The first kappa shape index (κ1) is 15.3. The fourth-order valence-electron chi connectivity index (χ4n) is 4.03. The summed E-state index contributed by atoms with van der Waals surface area (Å²) in [6.45, 7) is 10.6. The van der Waals surface area contributed by atoms with Crippen LogP contribution in [0.1, 0.15) is 59.8 Å². The van der Waals surface area contributed by atoms with Crippen molar-refractivity contribution >= 4 is 0 Å². The van der Waals surface area contributed by atoms with Crippen molar-refractivity contribution in [1.82, 2.24) is 4.90 Å². The van der Waals surface area contributed by atoms with Gasteiger partial charge in [0.05, 0.1) is 17.8 Å². The number of hydrogen-bond donors (Lipinski definition) is 1. The number of ether oxygens (including phenoxy) is 1. The Morgan fingerprint density at radius 3 is 2.68 bits per heavy atom. The lowest BCUT2D eigenvalue weighted by Crippen LogP contribution is -2.58. The second-order valence-corrected chi connectivity index (χ2v) is 7.22. The highest BCUT2D eigenvalue weighted by Crippen LogP contribution is 2.33. The smallest absolute Gasteiger partial charge is 0.0757 e. The molecule has 0 radical (unpaired) electrons. The Hall–Kier alpha value is -0.120. The normalized spacial score (nSPS) is 40.3. The topological polar surface area (TPSA) is 32.7 Å². The summed E-state index contributed by atoms with van der Waals surface area (Å²) in [7, 11) is 0. The quantitative estimate of drug-likeness (QED) is 0.855. The molecule has 4 atom stereocenters. The SMILES string of the molecule is CCCC1CCC(O)C(N2CC(C)OC(C)(C)C2)C1. The van der Waals surface area contributed by atoms with Gasteiger partial charge in [-0.15, -0.1) is 0 Å². The van der Waals surface area contributed by atoms with E-state index in [1.54, 1.807) is 0 Å². The summed E-state index contributed by atoms with van der Waals surface area (Å²) in [6, 6.07) is 0.343. The van der Waals surface area contributed by atoms with Crippen LogP contribution in [0.2, 0.25) is 0 Å². The van der Waals surface area contributed by atoms with Crippen molar-refractivity contribution in [3.8, 4) is 0 Å². The van der Waals surface area contributed by atoms with Crippen LogP contribution < -0.4 is 0 Å². The van der Waals surface area contributed by atoms with Crippen LogP contribution in [0.5, 0.6) is 0 Å². The molecule has 0 aromatic rings. The molecule has 3 nitrogen and oxygen atoms in total. The molecule has 3 heteroatoms. The van der Waals surface area contributed by atoms with Crippen LogP contribution >= 0.6 is 0 Å². The van der Waals surface area contributed by atoms with E-state index in [0.29, 0.717) is 6.04 Å². The number of rotatable bonds is 3. The van der Waals surface area contributed by atoms with Crippen molar-refractivity contribution in [3.63, 3.8) is 0 Å². The van der Waals surface area contributed by atoms with E-state index < -0.39 is 0 Å². The Kier molecular flexibility index (Phi) is 4.91. The molecule has 1 saturated heterocycles. The van der Waals surface area contributed by atoms with Gasteiger partial charge in [-0.25, -0.2) is 0 Å². The minimum absolute atomic E-state index is 0.0882. The maximum Gasteiger partial charge on any atom is 0.0757 e. The van der Waals surface area contributed by atoms with E-state index in [4.69, 9.17) is 4.74 Å². The fourth-order valence-corrected chi connectivity index (χ4v) is 4.03. The van der Waals surface area contributed by atoms with Gasteiger partial charge in [-0.2, -0.15) is 0 Å². The van der Waals surface area contributed by atoms with Crippen molar-refractivity contribution in [2.45, 2.75) is 83.6 Å². The van der Waals surface area contributed by atoms with Gasteiger partial charge in [-0.3, -0.25) is 4.90 Å². The largest absolute Gasteiger partial charge is 0.391 e. The molecule has 4 unspecified atom stereocenters. The van der Waals surface area contributed by atoms with Crippen molar-refractivity contribution in [2.75, 3.05) is 13.1 Å². The first-order chi connectivity index (χ1) is 8.91. The van der Waals surface area contributed by atoms with E-state index in [9.17, 15) is 5.11 Å². The number of aliphatic hydroxyl groups is 1. The third kappa shape index (κ3) is 3.93. The predicted molar refractivity (Wildman–Crippen MR) is 78.2 cm³/mol. The monoisotopic (exact) mass is 269 g/mol. The summed E-state index contributed by atoms with van der Waals surface area (Å²) < 4.78 is 5.98. The van der Waals surface area contributed by atoms with Gasteiger partial charge in [0.2, 0.25) is 0 Å². The van der Waals surface area contributed by atoms with E-state index >= 15 is 0 Å². The Labute approximate surface area is 118 Å². The molecule has 0 bridgehead atoms. The van der Waals surface area contributed by atoms with Gasteiger partial charge in [0, 0.05) is 19.1 Å². The minimum Gasteiger partial charge on any atom is -0.391 e. The third-order valence-electron chi connectivity index (χ3n) is 4.65. The second-order valence-electron chi connectivity index (χ2n) is 7.22. The molecular formula is C16H31NO2. The maximum atomic E-state index is 10.4. The molecule has 112 valence electrons. The van der Waals surface area contributed by atoms with Gasteiger partial charge < -0.3 is 9.84 Å². The molecular weight excluding hydrogens is 238 g/mol. The van der Waals surface area contributed by atoms with Crippen LogP contribution in [0.15, 0.2) is 0 Å². The van der Waals surface area contributed by atoms with Crippen LogP contribution in [0.4, 0.5) is 0 Å². The standard InChI is InChI=1S/C16H31NO2/c1-5-6-13-7-8-15(18)14(9-13)17-10-12(2)19-16(3,4)11-17/h12-15,18H,5-11H2,1-4H3. The summed E-state index contributed by atoms with van der Waals surface area (Å²) in [6.07, 6.45) is 6.04. The number of aliphatic hydroxyl groups excluding tert-OH is 1. The molecule has 0 spiro atoms. The molecule has 1 aliphatic carbocycles. The average molecular weight is 269 g/mol. The molecule has 2 fully saturated rings. The van der Waals surface area contributed by atoms with E-state index in [-0.39, 0.29) is 17.8 Å². The molecule has 2 rings (SSSR count). The van der Waals surface area contributed by atoms with E-state index in [2.05, 4.69) is 32.6 Å². The van der Waals surface area contributed by atoms with Gasteiger partial charge in [0.25, 0.3) is 0 Å². The molecule has 0 amide bonds. The van der Waals surface area contributed by atoms with Crippen LogP contribution in [0, 0.1) is 5.92 Å². The molecule has 1 aliphatic heterocycles. The van der Waals surface area contributed by atoms with Crippen LogP contribution in [-0.2, 0) is 4.74 Å². The molecule has 0 aromatic carbocycles. The molecule has 1 saturated carbocycles. The van der Waals surface area contributed by atoms with Gasteiger partial charge in [-0.1, -0.05) is 19.8 Å². The zero-order valence-electron chi connectivity index (χ0n) is 13.1. The molecule has 1 N–H and O–H groups in total. The Bertz CT molecular complexity index is 292. The lowest BCUT2D eigenvalue weighted by molar-refractivity contribution is -0.152. The highest BCUT2D eigenvalue weighted by atomic mass is 16.5. The average Bonchev–Trinajstić information content (AvgIpc) is 2.29. The maximum absolute atomic E-state index is 10.4. The summed E-state index contributed by atoms with van der Waals surface area (Å²) in [5, 5.41) is 10.4. The third-order valence-corrected chi connectivity index (χ3v) is 4.65. The first-order valence-electron chi connectivity index (χ1n) is 8.01. The Morgan fingerprint density at radius 1 is 1.32 bits per heavy atom. The fraction of sp³-hybridized carbons (Fsp3) is 1.00. The van der Waals surface area contributed by atoms with Gasteiger partial charge in [-0.05, 0) is 46.0 Å². The zero-order valence-corrected chi connectivity index (χ0v) is 13.1. The van der Waals surface area contributed by atoms with Gasteiger partial charge in [0.15, 0.2) is 0 Å². The molecule has 0 aromatic heterocycles. The summed E-state index contributed by atoms with van der Waals surface area (Å²) in [5.74, 6) is 0.805. The van der Waals surface area contributed by atoms with Crippen molar-refractivity contribution in [3.05, 3.63) is 0 Å². The van der Waals surface area contributed by atoms with Crippen molar-refractivity contribution in [2.24, 2.45) is 5.92 Å². The number of hydrogen-bond acceptors (Lipinski definition) is 3. The summed E-state index contributed by atoms with van der Waals surface area (Å²) in [4.78, 5) is 2.49. The summed E-state index contributed by atoms with van der Waals surface area (Å²) in [5.41, 5.74) is -0.0882. The predicted octanol–water partition coefficient (Wildman–Crippen LogP) is 2.82. The van der Waals surface area contributed by atoms with Crippen LogP contribution in [0.3, 0.4) is 0 Å². The molecule has 19 heavy (non-hydrogen) atoms. The van der Waals surface area contributed by atoms with Crippen molar-refractivity contribution in [1.29, 1.82) is 0 Å². The second kappa shape index (κ2) is 6.11. The Balaban J connectivity index is 2.01. The highest BCUT2D eigenvalue weighted by molar-refractivity contribution is 4.92. The summed E-state index contributed by atoms with van der Waals surface area (Å²) >= 11 is 0. The molecule has 1 heterocycles. The molecule has 2 aliphatic rings. The highest BCUT2D eigenvalue weighted by Gasteiger charge is 2.39. The lowest BCUT2D eigenvalue weighted by Gasteiger charge is -2.48. The first-order valence-corrected chi connectivity index (χ1v) is 8.01. The van der Waals surface area contributed by atoms with E-state index in [1.165, 1.54) is 19.3 Å². The van der Waals surface area contributed by atoms with Gasteiger partial charge in [0.1, 0.15) is 0 Å². The number of morpholine rings is 1. The van der Waals surface area contributed by atoms with Crippen LogP contribution in [0.25, 0.3) is 0 Å². The van der Waals surface area contributed by atoms with Gasteiger partial charge >= 0.3 is 0 Å². The lowest BCUT2D eigenvalue weighted by atomic mass is 9.80. The minimum atomic E-state index is -0.144. The number of nitrogens with zero attached hydrogens (tertiary/aromatic N) is 1. The Morgan fingerprint density at radius 2 is 2.05 bits per heavy atom. The van der Waals surface area contributed by atoms with Crippen LogP contribution in [-0.4, -0.2) is 46.9 Å².